The summed E-state index contributed by atoms with van der Waals surface area (Å²) in [6.45, 7) is 11.3. The highest BCUT2D eigenvalue weighted by molar-refractivity contribution is 5.91. The summed E-state index contributed by atoms with van der Waals surface area (Å²) >= 11 is 0. The number of hydrogen-bond donors (Lipinski definition) is 0. The molecule has 0 aromatic carbocycles. The van der Waals surface area contributed by atoms with Crippen LogP contribution in [0.3, 0.4) is 0 Å². The van der Waals surface area contributed by atoms with E-state index in [9.17, 15) is 9.59 Å². The lowest BCUT2D eigenvalue weighted by molar-refractivity contribution is -0.149. The summed E-state index contributed by atoms with van der Waals surface area (Å²) < 4.78 is 0. The third-order valence-electron chi connectivity index (χ3n) is 10.4. The first-order valence-electron chi connectivity index (χ1n) is 13.7. The molecule has 0 amide bonds. The number of fused-ring (bicyclic) bond motifs is 5. The summed E-state index contributed by atoms with van der Waals surface area (Å²) in [5.74, 6) is 2.75. The molecule has 0 bridgehead atoms. The minimum absolute atomic E-state index is 0.0217. The van der Waals surface area contributed by atoms with E-state index < -0.39 is 0 Å². The molecule has 0 radical (unpaired) electrons. The fraction of sp³-hybridized carbons (Fsp3) is 0.828. The zero-order chi connectivity index (χ0) is 23.8. The van der Waals surface area contributed by atoms with Crippen LogP contribution >= 0.6 is 0 Å². The molecule has 0 unspecified atom stereocenters. The number of carbonyl (C=O) groups is 2. The number of oxime groups is 1. The van der Waals surface area contributed by atoms with Gasteiger partial charge in [-0.1, -0.05) is 51.3 Å². The summed E-state index contributed by atoms with van der Waals surface area (Å²) in [6.07, 6.45) is 14.7. The van der Waals surface area contributed by atoms with Crippen LogP contribution in [-0.4, -0.2) is 17.5 Å². The Kier molecular flexibility index (Phi) is 7.22. The summed E-state index contributed by atoms with van der Waals surface area (Å²) in [7, 11) is 0. The van der Waals surface area contributed by atoms with Crippen LogP contribution in [0, 0.1) is 40.4 Å². The minimum Gasteiger partial charge on any atom is -0.318 e. The van der Waals surface area contributed by atoms with E-state index in [4.69, 9.17) is 4.84 Å². The number of nitrogens with zero attached hydrogens (tertiary/aromatic N) is 1. The van der Waals surface area contributed by atoms with Gasteiger partial charge < -0.3 is 4.84 Å². The molecule has 0 saturated heterocycles. The van der Waals surface area contributed by atoms with Crippen LogP contribution in [0.1, 0.15) is 112 Å². The SMILES string of the molecule is CCCC(CCC)C(=O)ON=C(C)[C@H]1CC[C@H]2[C@@H]3CCC4=CC(=O)CC[C@]4(C)[C@H]3CC[C@]12C. The topological polar surface area (TPSA) is 55.7 Å². The Morgan fingerprint density at radius 1 is 1.06 bits per heavy atom. The Morgan fingerprint density at radius 3 is 2.48 bits per heavy atom. The van der Waals surface area contributed by atoms with Gasteiger partial charge in [-0.3, -0.25) is 4.79 Å². The minimum atomic E-state index is -0.146. The van der Waals surface area contributed by atoms with Crippen LogP contribution in [0.25, 0.3) is 0 Å². The second-order valence-electron chi connectivity index (χ2n) is 12.1. The van der Waals surface area contributed by atoms with Gasteiger partial charge in [-0.15, -0.1) is 0 Å². The van der Waals surface area contributed by atoms with Gasteiger partial charge in [0.05, 0.1) is 11.6 Å². The monoisotopic (exact) mass is 455 g/mol. The van der Waals surface area contributed by atoms with Gasteiger partial charge in [-0.2, -0.15) is 0 Å². The molecule has 0 spiro atoms. The molecular formula is C29H45NO3. The summed E-state index contributed by atoms with van der Waals surface area (Å²) in [5.41, 5.74) is 2.93. The second kappa shape index (κ2) is 9.66. The van der Waals surface area contributed by atoms with Crippen molar-refractivity contribution in [1.29, 1.82) is 0 Å². The standard InChI is InChI=1S/C29H45NO3/c1-6-8-20(9-7-2)27(32)33-30-19(3)24-12-13-25-23-11-10-21-18-22(31)14-16-28(21,4)26(23)15-17-29(24,25)5/h18,20,23-26H,6-17H2,1-5H3/t23-,24+,25-,26-,28-,29+/m0/s1. The van der Waals surface area contributed by atoms with E-state index in [1.165, 1.54) is 31.3 Å². The number of carbonyl (C=O) groups excluding carboxylic acids is 2. The maximum Gasteiger partial charge on any atom is 0.338 e. The van der Waals surface area contributed by atoms with E-state index in [0.717, 1.165) is 63.0 Å². The second-order valence-corrected chi connectivity index (χ2v) is 12.1. The lowest BCUT2D eigenvalue weighted by Gasteiger charge is -2.58. The van der Waals surface area contributed by atoms with E-state index in [-0.39, 0.29) is 22.7 Å². The van der Waals surface area contributed by atoms with Gasteiger partial charge in [-0.25, -0.2) is 4.79 Å². The molecule has 184 valence electrons. The number of rotatable bonds is 7. The highest BCUT2D eigenvalue weighted by Crippen LogP contribution is 2.66. The van der Waals surface area contributed by atoms with Gasteiger partial charge >= 0.3 is 5.97 Å². The van der Waals surface area contributed by atoms with Gasteiger partial charge in [0.1, 0.15) is 0 Å². The third kappa shape index (κ3) is 4.36. The summed E-state index contributed by atoms with van der Waals surface area (Å²) in [6, 6.07) is 0. The van der Waals surface area contributed by atoms with Gasteiger partial charge in [-0.05, 0) is 99.4 Å². The molecule has 4 nitrogen and oxygen atoms in total. The zero-order valence-corrected chi connectivity index (χ0v) is 21.6. The smallest absolute Gasteiger partial charge is 0.318 e. The predicted molar refractivity (Wildman–Crippen MR) is 133 cm³/mol. The molecule has 4 heteroatoms. The molecule has 0 aromatic rings. The van der Waals surface area contributed by atoms with Crippen LogP contribution in [-0.2, 0) is 14.4 Å². The first-order valence-corrected chi connectivity index (χ1v) is 13.7. The van der Waals surface area contributed by atoms with Crippen molar-refractivity contribution in [3.63, 3.8) is 0 Å². The molecule has 0 aromatic heterocycles. The molecule has 0 aliphatic heterocycles. The molecule has 3 fully saturated rings. The van der Waals surface area contributed by atoms with Crippen molar-refractivity contribution in [2.45, 2.75) is 112 Å². The van der Waals surface area contributed by atoms with Crippen molar-refractivity contribution in [2.24, 2.45) is 45.6 Å². The van der Waals surface area contributed by atoms with Gasteiger partial charge in [0.25, 0.3) is 0 Å². The van der Waals surface area contributed by atoms with Crippen LogP contribution in [0.15, 0.2) is 16.8 Å². The predicted octanol–water partition coefficient (Wildman–Crippen LogP) is 7.27. The average Bonchev–Trinajstić information content (AvgIpc) is 3.15. The Balaban J connectivity index is 1.47. The quantitative estimate of drug-likeness (QED) is 0.230. The van der Waals surface area contributed by atoms with Crippen molar-refractivity contribution in [3.8, 4) is 0 Å². The van der Waals surface area contributed by atoms with E-state index in [2.05, 4.69) is 39.8 Å². The van der Waals surface area contributed by atoms with E-state index in [1.807, 2.05) is 6.08 Å². The van der Waals surface area contributed by atoms with Crippen molar-refractivity contribution in [2.75, 3.05) is 0 Å². The van der Waals surface area contributed by atoms with Gasteiger partial charge in [0.2, 0.25) is 0 Å². The van der Waals surface area contributed by atoms with Crippen LogP contribution in [0.2, 0.25) is 0 Å². The molecule has 3 saturated carbocycles. The van der Waals surface area contributed by atoms with Gasteiger partial charge in [0, 0.05) is 12.3 Å². The maximum atomic E-state index is 12.6. The average molecular weight is 456 g/mol. The zero-order valence-electron chi connectivity index (χ0n) is 21.6. The van der Waals surface area contributed by atoms with Crippen LogP contribution in [0.5, 0.6) is 0 Å². The largest absolute Gasteiger partial charge is 0.338 e. The van der Waals surface area contributed by atoms with Crippen molar-refractivity contribution in [3.05, 3.63) is 11.6 Å². The highest BCUT2D eigenvalue weighted by Gasteiger charge is 2.59. The van der Waals surface area contributed by atoms with E-state index in [0.29, 0.717) is 23.5 Å². The van der Waals surface area contributed by atoms with Gasteiger partial charge in [0.15, 0.2) is 5.78 Å². The van der Waals surface area contributed by atoms with Crippen LogP contribution in [0.4, 0.5) is 0 Å². The van der Waals surface area contributed by atoms with Crippen molar-refractivity contribution >= 4 is 17.5 Å². The number of allylic oxidation sites excluding steroid dienone is 1. The Hall–Kier alpha value is -1.45. The number of hydrogen-bond acceptors (Lipinski definition) is 4. The molecule has 33 heavy (non-hydrogen) atoms. The molecule has 4 aliphatic rings. The maximum absolute atomic E-state index is 12.6. The first-order chi connectivity index (χ1) is 15.7. The van der Waals surface area contributed by atoms with Crippen molar-refractivity contribution < 1.29 is 14.4 Å². The summed E-state index contributed by atoms with van der Waals surface area (Å²) in [4.78, 5) is 30.2. The molecule has 0 heterocycles. The lowest BCUT2D eigenvalue weighted by atomic mass is 9.46. The Bertz CT molecular complexity index is 823. The molecular weight excluding hydrogens is 410 g/mol. The molecule has 4 aliphatic carbocycles. The Labute approximate surface area is 201 Å². The Morgan fingerprint density at radius 2 is 1.79 bits per heavy atom. The highest BCUT2D eigenvalue weighted by atomic mass is 16.7. The molecule has 0 N–H and O–H groups in total. The third-order valence-corrected chi connectivity index (χ3v) is 10.4. The molecule has 6 atom stereocenters. The lowest BCUT2D eigenvalue weighted by Crippen LogP contribution is -2.51. The van der Waals surface area contributed by atoms with Crippen molar-refractivity contribution in [1.82, 2.24) is 0 Å². The van der Waals surface area contributed by atoms with E-state index in [1.54, 1.807) is 0 Å². The summed E-state index contributed by atoms with van der Waals surface area (Å²) in [5, 5.41) is 4.44. The molecule has 4 rings (SSSR count). The first kappa shape index (κ1) is 24.7. The van der Waals surface area contributed by atoms with E-state index >= 15 is 0 Å². The number of ketones is 1. The van der Waals surface area contributed by atoms with Crippen LogP contribution < -0.4 is 0 Å². The fourth-order valence-corrected chi connectivity index (χ4v) is 8.58. The fourth-order valence-electron chi connectivity index (χ4n) is 8.58. The normalized spacial score (nSPS) is 38.4.